The summed E-state index contributed by atoms with van der Waals surface area (Å²) in [7, 11) is 1.29. The number of carbonyl (C=O) groups excluding carboxylic acids is 2. The average Bonchev–Trinajstić information content (AvgIpc) is 2.77. The first-order valence-corrected chi connectivity index (χ1v) is 4.92. The van der Waals surface area contributed by atoms with Crippen LogP contribution < -0.4 is 5.32 Å². The maximum Gasteiger partial charge on any atom is 0.405 e. The Balaban J connectivity index is 2.43. The molecule has 1 aromatic heterocycles. The highest BCUT2D eigenvalue weighted by atomic mass is 19.4. The summed E-state index contributed by atoms with van der Waals surface area (Å²) in [6.45, 7) is -1.90. The maximum atomic E-state index is 11.8. The van der Waals surface area contributed by atoms with Crippen LogP contribution in [-0.2, 0) is 4.79 Å². The molecule has 18 heavy (non-hydrogen) atoms. The normalized spacial score (nSPS) is 11.1. The van der Waals surface area contributed by atoms with Crippen molar-refractivity contribution in [1.82, 2.24) is 10.2 Å². The van der Waals surface area contributed by atoms with Crippen LogP contribution in [0, 0.1) is 0 Å². The molecule has 1 aromatic rings. The van der Waals surface area contributed by atoms with Crippen LogP contribution in [0.2, 0.25) is 0 Å². The number of rotatable bonds is 4. The monoisotopic (exact) mass is 264 g/mol. The van der Waals surface area contributed by atoms with E-state index in [0.29, 0.717) is 0 Å². The Morgan fingerprint density at radius 3 is 2.61 bits per heavy atom. The van der Waals surface area contributed by atoms with E-state index >= 15 is 0 Å². The van der Waals surface area contributed by atoms with Gasteiger partial charge in [-0.3, -0.25) is 9.59 Å². The van der Waals surface area contributed by atoms with Gasteiger partial charge >= 0.3 is 6.18 Å². The predicted molar refractivity (Wildman–Crippen MR) is 54.7 cm³/mol. The van der Waals surface area contributed by atoms with E-state index in [2.05, 4.69) is 0 Å². The number of likely N-dealkylation sites (N-methyl/N-ethyl adjacent to an activating group) is 1. The van der Waals surface area contributed by atoms with Gasteiger partial charge in [0.15, 0.2) is 5.76 Å². The fraction of sp³-hybridized carbons (Fsp3) is 0.400. The second-order valence-corrected chi connectivity index (χ2v) is 3.53. The van der Waals surface area contributed by atoms with Gasteiger partial charge in [-0.25, -0.2) is 0 Å². The first-order chi connectivity index (χ1) is 8.29. The third-order valence-corrected chi connectivity index (χ3v) is 1.95. The zero-order chi connectivity index (χ0) is 13.8. The average molecular weight is 264 g/mol. The lowest BCUT2D eigenvalue weighted by Crippen LogP contribution is -2.41. The molecule has 0 unspecified atom stereocenters. The maximum absolute atomic E-state index is 11.8. The molecule has 1 N–H and O–H groups in total. The van der Waals surface area contributed by atoms with E-state index < -0.39 is 31.1 Å². The van der Waals surface area contributed by atoms with Gasteiger partial charge in [0.05, 0.1) is 12.8 Å². The zero-order valence-electron chi connectivity index (χ0n) is 9.45. The van der Waals surface area contributed by atoms with E-state index in [4.69, 9.17) is 4.42 Å². The highest BCUT2D eigenvalue weighted by Gasteiger charge is 2.28. The lowest BCUT2D eigenvalue weighted by Gasteiger charge is -2.15. The first-order valence-electron chi connectivity index (χ1n) is 4.92. The molecule has 0 aliphatic carbocycles. The third kappa shape index (κ3) is 4.48. The van der Waals surface area contributed by atoms with Crippen LogP contribution in [0.15, 0.2) is 22.8 Å². The minimum absolute atomic E-state index is 0.0149. The van der Waals surface area contributed by atoms with Crippen molar-refractivity contribution in [3.63, 3.8) is 0 Å². The summed E-state index contributed by atoms with van der Waals surface area (Å²) in [5, 5.41) is 1.67. The fourth-order valence-corrected chi connectivity index (χ4v) is 1.13. The van der Waals surface area contributed by atoms with Gasteiger partial charge in [-0.15, -0.1) is 0 Å². The number of halogens is 3. The quantitative estimate of drug-likeness (QED) is 0.883. The lowest BCUT2D eigenvalue weighted by atomic mass is 10.4. The number of furan rings is 1. The summed E-state index contributed by atoms with van der Waals surface area (Å²) in [4.78, 5) is 23.7. The van der Waals surface area contributed by atoms with Crippen LogP contribution in [0.5, 0.6) is 0 Å². The van der Waals surface area contributed by atoms with Gasteiger partial charge in [0, 0.05) is 7.05 Å². The number of nitrogens with zero attached hydrogens (tertiary/aromatic N) is 1. The zero-order valence-corrected chi connectivity index (χ0v) is 9.45. The number of alkyl halides is 3. The highest BCUT2D eigenvalue weighted by molar-refractivity contribution is 5.94. The van der Waals surface area contributed by atoms with Gasteiger partial charge in [0.25, 0.3) is 5.91 Å². The Morgan fingerprint density at radius 1 is 1.44 bits per heavy atom. The molecule has 0 radical (unpaired) electrons. The molecule has 5 nitrogen and oxygen atoms in total. The van der Waals surface area contributed by atoms with Crippen LogP contribution in [0.25, 0.3) is 0 Å². The van der Waals surface area contributed by atoms with Crippen LogP contribution in [0.3, 0.4) is 0 Å². The van der Waals surface area contributed by atoms with Crippen molar-refractivity contribution in [3.8, 4) is 0 Å². The molecular weight excluding hydrogens is 253 g/mol. The van der Waals surface area contributed by atoms with Crippen molar-refractivity contribution in [3.05, 3.63) is 24.2 Å². The van der Waals surface area contributed by atoms with Crippen LogP contribution in [0.1, 0.15) is 10.6 Å². The van der Waals surface area contributed by atoms with Gasteiger partial charge in [-0.05, 0) is 12.1 Å². The topological polar surface area (TPSA) is 62.6 Å². The van der Waals surface area contributed by atoms with Gasteiger partial charge in [-0.1, -0.05) is 0 Å². The minimum atomic E-state index is -4.47. The molecule has 1 heterocycles. The van der Waals surface area contributed by atoms with Gasteiger partial charge < -0.3 is 14.6 Å². The van der Waals surface area contributed by atoms with E-state index in [1.807, 2.05) is 0 Å². The molecule has 0 aliphatic rings. The molecule has 0 aromatic carbocycles. The Morgan fingerprint density at radius 2 is 2.11 bits per heavy atom. The molecule has 0 bridgehead atoms. The predicted octanol–water partition coefficient (Wildman–Crippen LogP) is 1.03. The summed E-state index contributed by atoms with van der Waals surface area (Å²) in [5.41, 5.74) is 0. The number of hydrogen-bond donors (Lipinski definition) is 1. The second-order valence-electron chi connectivity index (χ2n) is 3.53. The van der Waals surface area contributed by atoms with Gasteiger partial charge in [0.1, 0.15) is 6.54 Å². The SMILES string of the molecule is CN(CC(=O)NCC(F)(F)F)C(=O)c1ccco1. The van der Waals surface area contributed by atoms with E-state index in [1.54, 1.807) is 5.32 Å². The molecule has 100 valence electrons. The van der Waals surface area contributed by atoms with Crippen molar-refractivity contribution >= 4 is 11.8 Å². The number of carbonyl (C=O) groups is 2. The van der Waals surface area contributed by atoms with Crippen molar-refractivity contribution in [2.24, 2.45) is 0 Å². The van der Waals surface area contributed by atoms with E-state index in [0.717, 1.165) is 4.90 Å². The Kier molecular flexibility index (Phi) is 4.35. The van der Waals surface area contributed by atoms with Crippen molar-refractivity contribution < 1.29 is 27.2 Å². The van der Waals surface area contributed by atoms with Crippen molar-refractivity contribution in [1.29, 1.82) is 0 Å². The molecule has 0 saturated heterocycles. The number of hydrogen-bond acceptors (Lipinski definition) is 3. The molecular formula is C10H11F3N2O3. The third-order valence-electron chi connectivity index (χ3n) is 1.95. The molecule has 0 atom stereocenters. The van der Waals surface area contributed by atoms with E-state index in [9.17, 15) is 22.8 Å². The fourth-order valence-electron chi connectivity index (χ4n) is 1.13. The summed E-state index contributed by atoms with van der Waals surface area (Å²) >= 11 is 0. The van der Waals surface area contributed by atoms with Crippen molar-refractivity contribution in [2.75, 3.05) is 20.1 Å². The molecule has 0 spiro atoms. The summed E-state index contributed by atoms with van der Waals surface area (Å²) in [5.74, 6) is -1.46. The molecule has 1 rings (SSSR count). The second kappa shape index (κ2) is 5.56. The Bertz CT molecular complexity index is 415. The first kappa shape index (κ1) is 14.1. The summed E-state index contributed by atoms with van der Waals surface area (Å²) in [6, 6.07) is 2.89. The van der Waals surface area contributed by atoms with Gasteiger partial charge in [-0.2, -0.15) is 13.2 Å². The highest BCUT2D eigenvalue weighted by Crippen LogP contribution is 2.12. The Labute approximate surface area is 101 Å². The molecule has 0 fully saturated rings. The largest absolute Gasteiger partial charge is 0.459 e. The summed E-state index contributed by atoms with van der Waals surface area (Å²) < 4.78 is 40.3. The van der Waals surface area contributed by atoms with E-state index in [-0.39, 0.29) is 5.76 Å². The van der Waals surface area contributed by atoms with Crippen LogP contribution in [-0.4, -0.2) is 43.0 Å². The minimum Gasteiger partial charge on any atom is -0.459 e. The van der Waals surface area contributed by atoms with Crippen molar-refractivity contribution in [2.45, 2.75) is 6.18 Å². The number of amides is 2. The molecule has 0 saturated carbocycles. The molecule has 2 amide bonds. The standard InChI is InChI=1S/C10H11F3N2O3/c1-15(9(17)7-3-2-4-18-7)5-8(16)14-6-10(11,12)13/h2-4H,5-6H2,1H3,(H,14,16). The van der Waals surface area contributed by atoms with Crippen LogP contribution >= 0.6 is 0 Å². The molecule has 8 heteroatoms. The Hall–Kier alpha value is -1.99. The van der Waals surface area contributed by atoms with Crippen LogP contribution in [0.4, 0.5) is 13.2 Å². The smallest absolute Gasteiger partial charge is 0.405 e. The van der Waals surface area contributed by atoms with Gasteiger partial charge in [0.2, 0.25) is 5.91 Å². The number of nitrogens with one attached hydrogen (secondary N) is 1. The lowest BCUT2D eigenvalue weighted by molar-refractivity contribution is -0.138. The summed E-state index contributed by atoms with van der Waals surface area (Å²) in [6.07, 6.45) is -3.19. The molecule has 0 aliphatic heterocycles. The van der Waals surface area contributed by atoms with E-state index in [1.165, 1.54) is 25.4 Å².